The molecule has 1 amide bonds. The van der Waals surface area contributed by atoms with Gasteiger partial charge in [-0.25, -0.2) is 0 Å². The number of carbonyl (C=O) groups is 1. The Morgan fingerprint density at radius 3 is 2.62 bits per heavy atom. The van der Waals surface area contributed by atoms with E-state index in [9.17, 15) is 9.90 Å². The van der Waals surface area contributed by atoms with Gasteiger partial charge in [-0.3, -0.25) is 4.79 Å². The number of aliphatic hydroxyl groups is 1. The van der Waals surface area contributed by atoms with Crippen molar-refractivity contribution in [2.75, 3.05) is 6.61 Å². The van der Waals surface area contributed by atoms with Crippen LogP contribution in [0.3, 0.4) is 0 Å². The summed E-state index contributed by atoms with van der Waals surface area (Å²) in [5.41, 5.74) is 7.33. The monoisotopic (exact) mass is 288 g/mol. The number of nitrogens with two attached hydrogens (primary N) is 1. The first-order chi connectivity index (χ1) is 10.2. The molecule has 1 aromatic carbocycles. The largest absolute Gasteiger partial charge is 0.394 e. The van der Waals surface area contributed by atoms with Gasteiger partial charge in [-0.05, 0) is 43.1 Å². The van der Waals surface area contributed by atoms with Crippen molar-refractivity contribution < 1.29 is 9.90 Å². The van der Waals surface area contributed by atoms with Crippen LogP contribution in [0, 0.1) is 17.8 Å². The topological polar surface area (TPSA) is 75.4 Å². The molecule has 21 heavy (non-hydrogen) atoms. The summed E-state index contributed by atoms with van der Waals surface area (Å²) in [4.78, 5) is 12.5. The fourth-order valence-electron chi connectivity index (χ4n) is 4.08. The molecule has 2 saturated carbocycles. The molecule has 0 spiro atoms. The molecule has 114 valence electrons. The van der Waals surface area contributed by atoms with Gasteiger partial charge in [-0.15, -0.1) is 0 Å². The van der Waals surface area contributed by atoms with Gasteiger partial charge < -0.3 is 16.2 Å². The van der Waals surface area contributed by atoms with E-state index in [-0.39, 0.29) is 30.5 Å². The number of amides is 1. The van der Waals surface area contributed by atoms with Gasteiger partial charge in [0, 0.05) is 6.04 Å². The highest BCUT2D eigenvalue weighted by Crippen LogP contribution is 2.47. The molecule has 2 aliphatic carbocycles. The van der Waals surface area contributed by atoms with E-state index in [2.05, 4.69) is 5.32 Å². The first-order valence-electron chi connectivity index (χ1n) is 7.89. The molecule has 2 fully saturated rings. The third-order valence-electron chi connectivity index (χ3n) is 5.18. The molecule has 4 N–H and O–H groups in total. The van der Waals surface area contributed by atoms with Crippen LogP contribution in [0.4, 0.5) is 0 Å². The Morgan fingerprint density at radius 2 is 2.00 bits per heavy atom. The minimum Gasteiger partial charge on any atom is -0.394 e. The normalized spacial score (nSPS) is 32.1. The van der Waals surface area contributed by atoms with Crippen LogP contribution < -0.4 is 11.1 Å². The number of fused-ring (bicyclic) bond motifs is 2. The number of hydrogen-bond acceptors (Lipinski definition) is 3. The zero-order chi connectivity index (χ0) is 14.8. The van der Waals surface area contributed by atoms with E-state index in [4.69, 9.17) is 5.73 Å². The molecule has 4 heteroatoms. The summed E-state index contributed by atoms with van der Waals surface area (Å²) in [5, 5.41) is 12.5. The molecule has 0 radical (unpaired) electrons. The van der Waals surface area contributed by atoms with Gasteiger partial charge in [0.05, 0.1) is 18.6 Å². The minimum atomic E-state index is -0.230. The molecule has 0 aliphatic heterocycles. The van der Waals surface area contributed by atoms with Crippen LogP contribution in [0.15, 0.2) is 30.3 Å². The second-order valence-electron chi connectivity index (χ2n) is 6.51. The zero-order valence-corrected chi connectivity index (χ0v) is 12.2. The van der Waals surface area contributed by atoms with Crippen LogP contribution in [-0.4, -0.2) is 29.7 Å². The predicted molar refractivity (Wildman–Crippen MR) is 81.5 cm³/mol. The third kappa shape index (κ3) is 2.97. The van der Waals surface area contributed by atoms with E-state index in [0.717, 1.165) is 18.4 Å². The van der Waals surface area contributed by atoms with Crippen molar-refractivity contribution in [2.45, 2.75) is 37.8 Å². The molecule has 5 atom stereocenters. The highest BCUT2D eigenvalue weighted by molar-refractivity contribution is 5.80. The summed E-state index contributed by atoms with van der Waals surface area (Å²) in [6, 6.07) is 9.70. The number of hydrogen-bond donors (Lipinski definition) is 3. The summed E-state index contributed by atoms with van der Waals surface area (Å²) in [6.07, 6.45) is 4.04. The first kappa shape index (κ1) is 14.5. The van der Waals surface area contributed by atoms with Gasteiger partial charge in [0.1, 0.15) is 0 Å². The molecule has 4 nitrogen and oxygen atoms in total. The summed E-state index contributed by atoms with van der Waals surface area (Å²) in [5.74, 6) is 0.937. The number of carbonyl (C=O) groups excluding carboxylic acids is 1. The quantitative estimate of drug-likeness (QED) is 0.759. The average molecular weight is 288 g/mol. The molecular weight excluding hydrogens is 264 g/mol. The number of rotatable bonds is 5. The standard InChI is InChI=1S/C17H24N2O2/c18-16-13-7-6-12(9-13)15(16)17(21)19-14(10-20)8-11-4-2-1-3-5-11/h1-5,12-16,20H,6-10,18H2,(H,19,21)/t12?,13?,14-,15?,16?/m0/s1. The number of aliphatic hydroxyl groups excluding tert-OH is 1. The SMILES string of the molecule is NC1C2CCC(C2)C1C(=O)N[C@H](CO)Cc1ccccc1. The summed E-state index contributed by atoms with van der Waals surface area (Å²) < 4.78 is 0. The van der Waals surface area contributed by atoms with Crippen LogP contribution in [0.1, 0.15) is 24.8 Å². The van der Waals surface area contributed by atoms with Gasteiger partial charge >= 0.3 is 0 Å². The van der Waals surface area contributed by atoms with Crippen molar-refractivity contribution in [1.29, 1.82) is 0 Å². The minimum absolute atomic E-state index is 0.000168. The fourth-order valence-corrected chi connectivity index (χ4v) is 4.08. The zero-order valence-electron chi connectivity index (χ0n) is 12.2. The molecule has 0 heterocycles. The van der Waals surface area contributed by atoms with E-state index in [1.807, 2.05) is 30.3 Å². The van der Waals surface area contributed by atoms with E-state index in [0.29, 0.717) is 18.3 Å². The van der Waals surface area contributed by atoms with Crippen molar-refractivity contribution in [1.82, 2.24) is 5.32 Å². The second-order valence-corrected chi connectivity index (χ2v) is 6.51. The predicted octanol–water partition coefficient (Wildman–Crippen LogP) is 1.08. The molecular formula is C17H24N2O2. The summed E-state index contributed by atoms with van der Waals surface area (Å²) in [6.45, 7) is -0.0450. The maximum Gasteiger partial charge on any atom is 0.225 e. The first-order valence-corrected chi connectivity index (χ1v) is 7.89. The van der Waals surface area contributed by atoms with Gasteiger partial charge in [0.25, 0.3) is 0 Å². The van der Waals surface area contributed by atoms with Crippen molar-refractivity contribution in [3.63, 3.8) is 0 Å². The van der Waals surface area contributed by atoms with Crippen LogP contribution >= 0.6 is 0 Å². The van der Waals surface area contributed by atoms with E-state index in [1.165, 1.54) is 6.42 Å². The van der Waals surface area contributed by atoms with Crippen LogP contribution in [-0.2, 0) is 11.2 Å². The molecule has 2 aliphatic rings. The molecule has 0 saturated heterocycles. The van der Waals surface area contributed by atoms with Crippen LogP contribution in [0.2, 0.25) is 0 Å². The van der Waals surface area contributed by atoms with E-state index in [1.54, 1.807) is 0 Å². The Hall–Kier alpha value is -1.39. The van der Waals surface area contributed by atoms with Gasteiger partial charge in [-0.2, -0.15) is 0 Å². The Kier molecular flexibility index (Phi) is 4.27. The Balaban J connectivity index is 1.60. The molecule has 2 bridgehead atoms. The van der Waals surface area contributed by atoms with E-state index < -0.39 is 0 Å². The lowest BCUT2D eigenvalue weighted by Crippen LogP contribution is -2.49. The number of nitrogens with one attached hydrogen (secondary N) is 1. The fraction of sp³-hybridized carbons (Fsp3) is 0.588. The summed E-state index contributed by atoms with van der Waals surface area (Å²) in [7, 11) is 0. The van der Waals surface area contributed by atoms with Crippen LogP contribution in [0.5, 0.6) is 0 Å². The number of benzene rings is 1. The maximum atomic E-state index is 12.5. The molecule has 4 unspecified atom stereocenters. The second kappa shape index (κ2) is 6.16. The van der Waals surface area contributed by atoms with Gasteiger partial charge in [0.2, 0.25) is 5.91 Å². The lowest BCUT2D eigenvalue weighted by Gasteiger charge is -2.28. The van der Waals surface area contributed by atoms with Crippen molar-refractivity contribution in [2.24, 2.45) is 23.5 Å². The Labute approximate surface area is 125 Å². The third-order valence-corrected chi connectivity index (χ3v) is 5.18. The van der Waals surface area contributed by atoms with Gasteiger partial charge in [0.15, 0.2) is 0 Å². The lowest BCUT2D eigenvalue weighted by molar-refractivity contribution is -0.128. The highest BCUT2D eigenvalue weighted by Gasteiger charge is 2.49. The maximum absolute atomic E-state index is 12.5. The van der Waals surface area contributed by atoms with Crippen LogP contribution in [0.25, 0.3) is 0 Å². The van der Waals surface area contributed by atoms with Crippen molar-refractivity contribution >= 4 is 5.91 Å². The molecule has 3 rings (SSSR count). The van der Waals surface area contributed by atoms with Gasteiger partial charge in [-0.1, -0.05) is 30.3 Å². The van der Waals surface area contributed by atoms with Crippen molar-refractivity contribution in [3.05, 3.63) is 35.9 Å². The highest BCUT2D eigenvalue weighted by atomic mass is 16.3. The molecule has 0 aromatic heterocycles. The molecule has 1 aromatic rings. The Morgan fingerprint density at radius 1 is 1.29 bits per heavy atom. The van der Waals surface area contributed by atoms with E-state index >= 15 is 0 Å². The summed E-state index contributed by atoms with van der Waals surface area (Å²) >= 11 is 0. The average Bonchev–Trinajstić information content (AvgIpc) is 3.08. The lowest BCUT2D eigenvalue weighted by atomic mass is 9.84. The smallest absolute Gasteiger partial charge is 0.225 e. The Bertz CT molecular complexity index is 489. The van der Waals surface area contributed by atoms with Crippen molar-refractivity contribution in [3.8, 4) is 0 Å².